The topological polar surface area (TPSA) is 79.5 Å². The first kappa shape index (κ1) is 15.3. The molecule has 0 atom stereocenters. The predicted octanol–water partition coefficient (Wildman–Crippen LogP) is 2.30. The fraction of sp³-hybridized carbons (Fsp3) is 0.0667. The number of methoxy groups -OCH3 is 1. The number of urea groups is 1. The van der Waals surface area contributed by atoms with Crippen LogP contribution in [0.5, 0.6) is 5.75 Å². The monoisotopic (exact) mass is 303 g/mol. The average Bonchev–Trinajstić information content (AvgIpc) is 2.54. The Bertz CT molecular complexity index is 674. The highest BCUT2D eigenvalue weighted by molar-refractivity contribution is 5.99. The van der Waals surface area contributed by atoms with Gasteiger partial charge in [-0.05, 0) is 36.4 Å². The minimum Gasteiger partial charge on any atom is -0.496 e. The van der Waals surface area contributed by atoms with E-state index >= 15 is 0 Å². The van der Waals surface area contributed by atoms with E-state index in [9.17, 15) is 14.0 Å². The molecule has 0 spiro atoms. The van der Waals surface area contributed by atoms with Crippen LogP contribution in [0.2, 0.25) is 0 Å². The van der Waals surface area contributed by atoms with E-state index in [4.69, 9.17) is 4.74 Å². The number of benzene rings is 2. The van der Waals surface area contributed by atoms with Gasteiger partial charge in [-0.2, -0.15) is 0 Å². The molecular weight excluding hydrogens is 289 g/mol. The molecule has 22 heavy (non-hydrogen) atoms. The maximum atomic E-state index is 12.7. The molecule has 0 aliphatic rings. The van der Waals surface area contributed by atoms with Gasteiger partial charge in [0.05, 0.1) is 12.7 Å². The molecule has 0 aromatic heterocycles. The lowest BCUT2D eigenvalue weighted by atomic mass is 10.2. The number of hydrogen-bond acceptors (Lipinski definition) is 3. The summed E-state index contributed by atoms with van der Waals surface area (Å²) in [7, 11) is 1.45. The van der Waals surface area contributed by atoms with E-state index < -0.39 is 17.8 Å². The predicted molar refractivity (Wildman–Crippen MR) is 79.0 cm³/mol. The van der Waals surface area contributed by atoms with E-state index in [2.05, 4.69) is 16.2 Å². The maximum Gasteiger partial charge on any atom is 0.337 e. The second-order valence-electron chi connectivity index (χ2n) is 4.24. The molecule has 7 heteroatoms. The number of nitrogens with one attached hydrogen (secondary N) is 3. The number of para-hydroxylation sites is 1. The van der Waals surface area contributed by atoms with Gasteiger partial charge in [0.25, 0.3) is 5.91 Å². The number of ether oxygens (including phenoxy) is 1. The van der Waals surface area contributed by atoms with E-state index in [0.717, 1.165) is 0 Å². The molecule has 0 saturated heterocycles. The van der Waals surface area contributed by atoms with Crippen LogP contribution in [-0.2, 0) is 0 Å². The quantitative estimate of drug-likeness (QED) is 0.761. The molecule has 0 aliphatic carbocycles. The van der Waals surface area contributed by atoms with E-state index in [1.165, 1.54) is 31.4 Å². The largest absolute Gasteiger partial charge is 0.496 e. The van der Waals surface area contributed by atoms with Crippen LogP contribution in [0, 0.1) is 5.82 Å². The van der Waals surface area contributed by atoms with Crippen LogP contribution in [-0.4, -0.2) is 19.0 Å². The Morgan fingerprint density at radius 2 is 1.68 bits per heavy atom. The van der Waals surface area contributed by atoms with E-state index in [1.807, 2.05) is 0 Å². The van der Waals surface area contributed by atoms with Crippen LogP contribution in [0.15, 0.2) is 48.5 Å². The lowest BCUT2D eigenvalue weighted by molar-refractivity contribution is 0.0935. The summed E-state index contributed by atoms with van der Waals surface area (Å²) in [5.41, 5.74) is 5.12. The Morgan fingerprint density at radius 1 is 1.00 bits per heavy atom. The summed E-state index contributed by atoms with van der Waals surface area (Å²) in [5, 5.41) is 2.44. The number of carbonyl (C=O) groups excluding carboxylic acids is 2. The zero-order chi connectivity index (χ0) is 15.9. The lowest BCUT2D eigenvalue weighted by Gasteiger charge is -2.11. The summed E-state index contributed by atoms with van der Waals surface area (Å²) >= 11 is 0. The molecule has 2 aromatic carbocycles. The number of hydrazine groups is 1. The van der Waals surface area contributed by atoms with Gasteiger partial charge in [-0.1, -0.05) is 12.1 Å². The number of carbonyl (C=O) groups is 2. The van der Waals surface area contributed by atoms with E-state index in [-0.39, 0.29) is 5.56 Å². The van der Waals surface area contributed by atoms with Crippen LogP contribution in [0.3, 0.4) is 0 Å². The number of halogens is 1. The molecular formula is C15H14FN3O3. The molecule has 0 fully saturated rings. The molecule has 0 aliphatic heterocycles. The van der Waals surface area contributed by atoms with Crippen LogP contribution in [0.25, 0.3) is 0 Å². The van der Waals surface area contributed by atoms with Crippen molar-refractivity contribution in [2.75, 3.05) is 12.4 Å². The highest BCUT2D eigenvalue weighted by Crippen LogP contribution is 2.16. The van der Waals surface area contributed by atoms with Crippen molar-refractivity contribution >= 4 is 17.6 Å². The zero-order valence-electron chi connectivity index (χ0n) is 11.7. The zero-order valence-corrected chi connectivity index (χ0v) is 11.7. The third-order valence-corrected chi connectivity index (χ3v) is 2.74. The summed E-state index contributed by atoms with van der Waals surface area (Å²) in [6, 6.07) is 11.2. The SMILES string of the molecule is COc1ccccc1C(=O)NNC(=O)Nc1ccc(F)cc1. The first-order valence-corrected chi connectivity index (χ1v) is 6.36. The first-order valence-electron chi connectivity index (χ1n) is 6.36. The number of rotatable bonds is 3. The van der Waals surface area contributed by atoms with Gasteiger partial charge in [-0.25, -0.2) is 14.6 Å². The van der Waals surface area contributed by atoms with Gasteiger partial charge in [-0.3, -0.25) is 10.2 Å². The van der Waals surface area contributed by atoms with Crippen LogP contribution in [0.4, 0.5) is 14.9 Å². The number of amides is 3. The van der Waals surface area contributed by atoms with Crippen molar-refractivity contribution in [1.82, 2.24) is 10.9 Å². The third kappa shape index (κ3) is 3.95. The van der Waals surface area contributed by atoms with Crippen LogP contribution in [0.1, 0.15) is 10.4 Å². The standard InChI is InChI=1S/C15H14FN3O3/c1-22-13-5-3-2-4-12(13)14(20)18-19-15(21)17-11-8-6-10(16)7-9-11/h2-9H,1H3,(H,18,20)(H2,17,19,21). The Balaban J connectivity index is 1.90. The van der Waals surface area contributed by atoms with Crippen molar-refractivity contribution in [3.8, 4) is 5.75 Å². The molecule has 114 valence electrons. The minimum absolute atomic E-state index is 0.284. The normalized spacial score (nSPS) is 9.73. The van der Waals surface area contributed by atoms with Gasteiger partial charge >= 0.3 is 6.03 Å². The lowest BCUT2D eigenvalue weighted by Crippen LogP contribution is -2.44. The van der Waals surface area contributed by atoms with Crippen molar-refractivity contribution in [2.45, 2.75) is 0 Å². The van der Waals surface area contributed by atoms with Crippen molar-refractivity contribution in [2.24, 2.45) is 0 Å². The summed E-state index contributed by atoms with van der Waals surface area (Å²) < 4.78 is 17.8. The molecule has 3 amide bonds. The number of hydrogen-bond donors (Lipinski definition) is 3. The molecule has 6 nitrogen and oxygen atoms in total. The van der Waals surface area contributed by atoms with Gasteiger partial charge in [0, 0.05) is 5.69 Å². The van der Waals surface area contributed by atoms with Gasteiger partial charge < -0.3 is 10.1 Å². The molecule has 2 aromatic rings. The highest BCUT2D eigenvalue weighted by Gasteiger charge is 2.12. The highest BCUT2D eigenvalue weighted by atomic mass is 19.1. The maximum absolute atomic E-state index is 12.7. The molecule has 0 unspecified atom stereocenters. The summed E-state index contributed by atoms with van der Waals surface area (Å²) in [4.78, 5) is 23.6. The summed E-state index contributed by atoms with van der Waals surface area (Å²) in [6.45, 7) is 0. The Hall–Kier alpha value is -3.09. The molecule has 0 radical (unpaired) electrons. The average molecular weight is 303 g/mol. The van der Waals surface area contributed by atoms with E-state index in [0.29, 0.717) is 11.4 Å². The van der Waals surface area contributed by atoms with Gasteiger partial charge in [0.15, 0.2) is 0 Å². The fourth-order valence-corrected chi connectivity index (χ4v) is 1.71. The van der Waals surface area contributed by atoms with Crippen molar-refractivity contribution in [3.05, 3.63) is 59.9 Å². The van der Waals surface area contributed by atoms with Crippen LogP contribution >= 0.6 is 0 Å². The minimum atomic E-state index is -0.658. The molecule has 0 saturated carbocycles. The van der Waals surface area contributed by atoms with Crippen molar-refractivity contribution in [3.63, 3.8) is 0 Å². The first-order chi connectivity index (χ1) is 10.6. The molecule has 0 heterocycles. The fourth-order valence-electron chi connectivity index (χ4n) is 1.71. The Labute approximate surface area is 126 Å². The Kier molecular flexibility index (Phi) is 4.92. The van der Waals surface area contributed by atoms with Crippen LogP contribution < -0.4 is 20.9 Å². The van der Waals surface area contributed by atoms with E-state index in [1.54, 1.807) is 24.3 Å². The smallest absolute Gasteiger partial charge is 0.337 e. The molecule has 0 bridgehead atoms. The Morgan fingerprint density at radius 3 is 2.36 bits per heavy atom. The summed E-state index contributed by atoms with van der Waals surface area (Å²) in [5.74, 6) is -0.539. The van der Waals surface area contributed by atoms with Crippen molar-refractivity contribution in [1.29, 1.82) is 0 Å². The number of anilines is 1. The van der Waals surface area contributed by atoms with Gasteiger partial charge in [-0.15, -0.1) is 0 Å². The van der Waals surface area contributed by atoms with Gasteiger partial charge in [0.2, 0.25) is 0 Å². The summed E-state index contributed by atoms with van der Waals surface area (Å²) in [6.07, 6.45) is 0. The second kappa shape index (κ2) is 7.07. The second-order valence-corrected chi connectivity index (χ2v) is 4.24. The molecule has 2 rings (SSSR count). The third-order valence-electron chi connectivity index (χ3n) is 2.74. The van der Waals surface area contributed by atoms with Crippen molar-refractivity contribution < 1.29 is 18.7 Å². The molecule has 3 N–H and O–H groups in total. The van der Waals surface area contributed by atoms with Gasteiger partial charge in [0.1, 0.15) is 11.6 Å².